The molecule has 0 fully saturated rings. The van der Waals surface area contributed by atoms with Gasteiger partial charge in [-0.3, -0.25) is 9.59 Å². The topological polar surface area (TPSA) is 99.1 Å². The number of aromatic carboxylic acids is 1. The average molecular weight is 354 g/mol. The highest BCUT2D eigenvalue weighted by molar-refractivity contribution is 9.10. The molecular formula is C13H12BrN3O4. The summed E-state index contributed by atoms with van der Waals surface area (Å²) in [6.07, 6.45) is 0.423. The van der Waals surface area contributed by atoms with Gasteiger partial charge < -0.3 is 10.4 Å². The number of carboxylic acids is 1. The molecule has 0 spiro atoms. The van der Waals surface area contributed by atoms with Crippen LogP contribution in [0.5, 0.6) is 0 Å². The predicted octanol–water partition coefficient (Wildman–Crippen LogP) is 1.69. The van der Waals surface area contributed by atoms with E-state index in [1.807, 2.05) is 0 Å². The first-order valence-electron chi connectivity index (χ1n) is 6.07. The van der Waals surface area contributed by atoms with Crippen LogP contribution in [0.25, 0.3) is 0 Å². The summed E-state index contributed by atoms with van der Waals surface area (Å²) >= 11 is 3.21. The third-order valence-electron chi connectivity index (χ3n) is 2.95. The van der Waals surface area contributed by atoms with E-state index < -0.39 is 11.9 Å². The molecule has 1 heterocycles. The number of hydrazone groups is 1. The van der Waals surface area contributed by atoms with Gasteiger partial charge in [-0.2, -0.15) is 5.10 Å². The summed E-state index contributed by atoms with van der Waals surface area (Å²) in [6.45, 7) is 0. The number of carboxylic acid groups (broad SMARTS) is 1. The number of carbonyl (C=O) groups is 3. The number of para-hydroxylation sites is 1. The SMILES string of the molecule is CN1N=C(C(=O)Nc2c(Br)cccc2C(=O)O)CCC1=O. The lowest BCUT2D eigenvalue weighted by Gasteiger charge is -2.19. The fraction of sp³-hybridized carbons (Fsp3) is 0.231. The van der Waals surface area contributed by atoms with Crippen LogP contribution in [0.1, 0.15) is 23.2 Å². The lowest BCUT2D eigenvalue weighted by Crippen LogP contribution is -2.34. The highest BCUT2D eigenvalue weighted by atomic mass is 79.9. The van der Waals surface area contributed by atoms with Crippen molar-refractivity contribution in [3.8, 4) is 0 Å². The van der Waals surface area contributed by atoms with Gasteiger partial charge in [0.1, 0.15) is 5.71 Å². The van der Waals surface area contributed by atoms with E-state index >= 15 is 0 Å². The van der Waals surface area contributed by atoms with Crippen LogP contribution in [-0.2, 0) is 9.59 Å². The van der Waals surface area contributed by atoms with Crippen LogP contribution in [0.15, 0.2) is 27.8 Å². The molecule has 1 aliphatic heterocycles. The van der Waals surface area contributed by atoms with Gasteiger partial charge >= 0.3 is 5.97 Å². The first-order chi connectivity index (χ1) is 9.90. The van der Waals surface area contributed by atoms with Crippen molar-refractivity contribution < 1.29 is 19.5 Å². The predicted molar refractivity (Wildman–Crippen MR) is 79.2 cm³/mol. The molecule has 0 saturated carbocycles. The van der Waals surface area contributed by atoms with Gasteiger partial charge in [0.05, 0.1) is 11.3 Å². The van der Waals surface area contributed by atoms with Gasteiger partial charge in [0.2, 0.25) is 5.91 Å². The fourth-order valence-electron chi connectivity index (χ4n) is 1.85. The Labute approximate surface area is 128 Å². The smallest absolute Gasteiger partial charge is 0.337 e. The van der Waals surface area contributed by atoms with Gasteiger partial charge in [0, 0.05) is 24.4 Å². The number of anilines is 1. The van der Waals surface area contributed by atoms with Crippen molar-refractivity contribution in [3.05, 3.63) is 28.2 Å². The quantitative estimate of drug-likeness (QED) is 0.863. The van der Waals surface area contributed by atoms with Crippen LogP contribution in [-0.4, -0.2) is 40.7 Å². The number of nitrogens with one attached hydrogen (secondary N) is 1. The van der Waals surface area contributed by atoms with Gasteiger partial charge in [-0.15, -0.1) is 0 Å². The largest absolute Gasteiger partial charge is 0.478 e. The fourth-order valence-corrected chi connectivity index (χ4v) is 2.31. The summed E-state index contributed by atoms with van der Waals surface area (Å²) < 4.78 is 0.455. The number of nitrogens with zero attached hydrogens (tertiary/aromatic N) is 2. The molecule has 110 valence electrons. The van der Waals surface area contributed by atoms with Crippen molar-refractivity contribution in [2.24, 2.45) is 5.10 Å². The number of rotatable bonds is 3. The van der Waals surface area contributed by atoms with E-state index in [0.717, 1.165) is 5.01 Å². The number of hydrogen-bond donors (Lipinski definition) is 2. The molecule has 8 heteroatoms. The molecule has 0 unspecified atom stereocenters. The Bertz CT molecular complexity index is 657. The molecule has 2 rings (SSSR count). The van der Waals surface area contributed by atoms with Crippen molar-refractivity contribution in [1.82, 2.24) is 5.01 Å². The standard InChI is InChI=1S/C13H12BrN3O4/c1-17-10(18)6-5-9(16-17)12(19)15-11-7(13(20)21)3-2-4-8(11)14/h2-4H,5-6H2,1H3,(H,15,19)(H,20,21). The third kappa shape index (κ3) is 3.27. The molecular weight excluding hydrogens is 342 g/mol. The van der Waals surface area contributed by atoms with Crippen molar-refractivity contribution >= 4 is 45.1 Å². The van der Waals surface area contributed by atoms with Gasteiger partial charge in [-0.05, 0) is 28.1 Å². The van der Waals surface area contributed by atoms with Crippen molar-refractivity contribution in [1.29, 1.82) is 0 Å². The van der Waals surface area contributed by atoms with Crippen LogP contribution in [0.4, 0.5) is 5.69 Å². The summed E-state index contributed by atoms with van der Waals surface area (Å²) in [6, 6.07) is 4.58. The van der Waals surface area contributed by atoms with Crippen molar-refractivity contribution in [2.75, 3.05) is 12.4 Å². The molecule has 0 atom stereocenters. The molecule has 7 nitrogen and oxygen atoms in total. The Morgan fingerprint density at radius 1 is 1.38 bits per heavy atom. The minimum atomic E-state index is -1.15. The van der Waals surface area contributed by atoms with Crippen molar-refractivity contribution in [3.63, 3.8) is 0 Å². The maximum Gasteiger partial charge on any atom is 0.337 e. The monoisotopic (exact) mass is 353 g/mol. The van der Waals surface area contributed by atoms with Crippen LogP contribution < -0.4 is 5.32 Å². The Balaban J connectivity index is 2.27. The molecule has 2 amide bonds. The van der Waals surface area contributed by atoms with Gasteiger partial charge in [0.25, 0.3) is 5.91 Å². The second-order valence-electron chi connectivity index (χ2n) is 4.39. The van der Waals surface area contributed by atoms with Gasteiger partial charge in [-0.1, -0.05) is 6.07 Å². The first kappa shape index (κ1) is 15.2. The molecule has 21 heavy (non-hydrogen) atoms. The van der Waals surface area contributed by atoms with Crippen molar-refractivity contribution in [2.45, 2.75) is 12.8 Å². The van der Waals surface area contributed by atoms with E-state index in [-0.39, 0.29) is 35.7 Å². The van der Waals surface area contributed by atoms with E-state index in [2.05, 4.69) is 26.3 Å². The molecule has 0 aromatic heterocycles. The number of benzene rings is 1. The number of halogens is 1. The molecule has 0 saturated heterocycles. The minimum Gasteiger partial charge on any atom is -0.478 e. The molecule has 2 N–H and O–H groups in total. The summed E-state index contributed by atoms with van der Waals surface area (Å²) in [5, 5.41) is 16.7. The van der Waals surface area contributed by atoms with E-state index in [1.54, 1.807) is 12.1 Å². The van der Waals surface area contributed by atoms with E-state index in [4.69, 9.17) is 5.11 Å². The van der Waals surface area contributed by atoms with Gasteiger partial charge in [0.15, 0.2) is 0 Å². The van der Waals surface area contributed by atoms with Crippen LogP contribution in [0.3, 0.4) is 0 Å². The van der Waals surface area contributed by atoms with E-state index in [9.17, 15) is 14.4 Å². The lowest BCUT2D eigenvalue weighted by molar-refractivity contribution is -0.130. The normalized spacial score (nSPS) is 14.7. The van der Waals surface area contributed by atoms with Crippen LogP contribution in [0.2, 0.25) is 0 Å². The summed E-state index contributed by atoms with van der Waals surface area (Å²) in [4.78, 5) is 34.6. The Morgan fingerprint density at radius 3 is 2.71 bits per heavy atom. The third-order valence-corrected chi connectivity index (χ3v) is 3.61. The summed E-state index contributed by atoms with van der Waals surface area (Å²) in [7, 11) is 1.47. The lowest BCUT2D eigenvalue weighted by atomic mass is 10.1. The summed E-state index contributed by atoms with van der Waals surface area (Å²) in [5.41, 5.74) is 0.319. The average Bonchev–Trinajstić information content (AvgIpc) is 2.43. The zero-order valence-electron chi connectivity index (χ0n) is 11.1. The van der Waals surface area contributed by atoms with Crippen LogP contribution in [0, 0.1) is 0 Å². The molecule has 1 aromatic carbocycles. The Kier molecular flexibility index (Phi) is 4.37. The number of hydrogen-bond acceptors (Lipinski definition) is 4. The Morgan fingerprint density at radius 2 is 2.10 bits per heavy atom. The number of amides is 2. The minimum absolute atomic E-state index is 0.0291. The number of carbonyl (C=O) groups excluding carboxylic acids is 2. The second kappa shape index (κ2) is 6.04. The Hall–Kier alpha value is -2.22. The molecule has 0 bridgehead atoms. The second-order valence-corrected chi connectivity index (χ2v) is 5.24. The molecule has 1 aromatic rings. The van der Waals surface area contributed by atoms with E-state index in [1.165, 1.54) is 13.1 Å². The molecule has 1 aliphatic rings. The zero-order chi connectivity index (χ0) is 15.6. The van der Waals surface area contributed by atoms with Gasteiger partial charge in [-0.25, -0.2) is 9.80 Å². The summed E-state index contributed by atoms with van der Waals surface area (Å²) in [5.74, 6) is -1.84. The maximum absolute atomic E-state index is 12.2. The van der Waals surface area contributed by atoms with Crippen LogP contribution >= 0.6 is 15.9 Å². The molecule has 0 aliphatic carbocycles. The maximum atomic E-state index is 12.2. The zero-order valence-corrected chi connectivity index (χ0v) is 12.7. The highest BCUT2D eigenvalue weighted by Gasteiger charge is 2.23. The van der Waals surface area contributed by atoms with E-state index in [0.29, 0.717) is 4.47 Å². The molecule has 0 radical (unpaired) electrons. The first-order valence-corrected chi connectivity index (χ1v) is 6.86. The highest BCUT2D eigenvalue weighted by Crippen LogP contribution is 2.26.